The molecule has 0 saturated heterocycles. The number of hydrogen-bond acceptors (Lipinski definition) is 2. The third-order valence-corrected chi connectivity index (χ3v) is 3.53. The first-order valence-corrected chi connectivity index (χ1v) is 9.95. The van der Waals surface area contributed by atoms with Gasteiger partial charge in [-0.3, -0.25) is 0 Å². The average molecular weight is 242 g/mol. The van der Waals surface area contributed by atoms with Gasteiger partial charge in [-0.05, 0) is 51.4 Å². The van der Waals surface area contributed by atoms with Gasteiger partial charge in [0, 0.05) is 0 Å². The van der Waals surface area contributed by atoms with E-state index in [1.54, 1.807) is 0 Å². The van der Waals surface area contributed by atoms with Crippen LogP contribution in [0.2, 0.25) is 19.6 Å². The molecular formula is C13H26O2Si. The van der Waals surface area contributed by atoms with Gasteiger partial charge in [-0.1, -0.05) is 19.3 Å². The first-order valence-electron chi connectivity index (χ1n) is 6.55. The molecule has 0 heterocycles. The largest absolute Gasteiger partial charge is 0.520 e. The van der Waals surface area contributed by atoms with Crippen LogP contribution in [0.15, 0.2) is 12.0 Å². The lowest BCUT2D eigenvalue weighted by atomic mass is 9.89. The van der Waals surface area contributed by atoms with E-state index in [2.05, 4.69) is 25.7 Å². The molecule has 0 spiro atoms. The summed E-state index contributed by atoms with van der Waals surface area (Å²) in [6.45, 7) is 9.30. The fourth-order valence-corrected chi connectivity index (χ4v) is 2.78. The van der Waals surface area contributed by atoms with Crippen LogP contribution in [0.3, 0.4) is 0 Å². The molecule has 0 aromatic rings. The monoisotopic (exact) mass is 242 g/mol. The minimum atomic E-state index is -1.54. The van der Waals surface area contributed by atoms with Crippen molar-refractivity contribution in [3.8, 4) is 0 Å². The first kappa shape index (κ1) is 13.6. The Bertz CT molecular complexity index is 225. The van der Waals surface area contributed by atoms with E-state index in [4.69, 9.17) is 9.16 Å². The van der Waals surface area contributed by atoms with E-state index in [-0.39, 0.29) is 0 Å². The predicted octanol–water partition coefficient (Wildman–Crippen LogP) is 4.30. The Morgan fingerprint density at radius 1 is 1.19 bits per heavy atom. The normalized spacial score (nSPS) is 19.6. The van der Waals surface area contributed by atoms with Gasteiger partial charge in [-0.15, -0.1) is 0 Å². The van der Waals surface area contributed by atoms with E-state index in [0.717, 1.165) is 5.95 Å². The molecule has 0 radical (unpaired) electrons. The third-order valence-electron chi connectivity index (χ3n) is 2.71. The van der Waals surface area contributed by atoms with Crippen LogP contribution < -0.4 is 0 Å². The highest BCUT2D eigenvalue weighted by Crippen LogP contribution is 2.26. The number of allylic oxidation sites excluding steroid dienone is 1. The lowest BCUT2D eigenvalue weighted by Gasteiger charge is -2.24. The fraction of sp³-hybridized carbons (Fsp3) is 0.846. The first-order chi connectivity index (χ1) is 7.51. The number of hydrogen-bond donors (Lipinski definition) is 0. The Balaban J connectivity index is 2.56. The molecular weight excluding hydrogens is 216 g/mol. The van der Waals surface area contributed by atoms with Gasteiger partial charge in [0.1, 0.15) is 0 Å². The van der Waals surface area contributed by atoms with Gasteiger partial charge in [0.2, 0.25) is 8.32 Å². The average Bonchev–Trinajstić information content (AvgIpc) is 2.17. The second-order valence-corrected chi connectivity index (χ2v) is 9.96. The Morgan fingerprint density at radius 2 is 1.81 bits per heavy atom. The summed E-state index contributed by atoms with van der Waals surface area (Å²) in [4.78, 5) is 0. The molecule has 0 unspecified atom stereocenters. The molecule has 0 atom stereocenters. The lowest BCUT2D eigenvalue weighted by molar-refractivity contribution is 0.108. The zero-order valence-electron chi connectivity index (χ0n) is 11.2. The SMILES string of the molecule is CCOC(=CC1CCCCC1)O[Si](C)(C)C. The topological polar surface area (TPSA) is 18.5 Å². The van der Waals surface area contributed by atoms with E-state index in [9.17, 15) is 0 Å². The third kappa shape index (κ3) is 5.59. The summed E-state index contributed by atoms with van der Waals surface area (Å²) in [6, 6.07) is 0. The van der Waals surface area contributed by atoms with Crippen molar-refractivity contribution >= 4 is 8.32 Å². The zero-order chi connectivity index (χ0) is 12.0. The molecule has 1 aliphatic carbocycles. The van der Waals surface area contributed by atoms with E-state index in [0.29, 0.717) is 12.5 Å². The second-order valence-electron chi connectivity index (χ2n) is 5.53. The van der Waals surface area contributed by atoms with Crippen LogP contribution in [0.4, 0.5) is 0 Å². The maximum Gasteiger partial charge on any atom is 0.261 e. The molecule has 0 bridgehead atoms. The minimum Gasteiger partial charge on any atom is -0.520 e. The molecule has 16 heavy (non-hydrogen) atoms. The summed E-state index contributed by atoms with van der Waals surface area (Å²) in [5.74, 6) is 1.46. The summed E-state index contributed by atoms with van der Waals surface area (Å²) >= 11 is 0. The van der Waals surface area contributed by atoms with Crippen LogP contribution in [0.5, 0.6) is 0 Å². The summed E-state index contributed by atoms with van der Waals surface area (Å²) in [7, 11) is -1.54. The number of ether oxygens (including phenoxy) is 1. The summed E-state index contributed by atoms with van der Waals surface area (Å²) in [5, 5.41) is 0. The minimum absolute atomic E-state index is 0.673. The molecule has 0 N–H and O–H groups in total. The van der Waals surface area contributed by atoms with E-state index >= 15 is 0 Å². The Labute approximate surface area is 101 Å². The predicted molar refractivity (Wildman–Crippen MR) is 70.7 cm³/mol. The van der Waals surface area contributed by atoms with Gasteiger partial charge >= 0.3 is 0 Å². The summed E-state index contributed by atoms with van der Waals surface area (Å²) in [6.07, 6.45) is 8.92. The van der Waals surface area contributed by atoms with Crippen molar-refractivity contribution in [2.24, 2.45) is 5.92 Å². The van der Waals surface area contributed by atoms with Gasteiger partial charge in [-0.2, -0.15) is 0 Å². The molecule has 0 aliphatic heterocycles. The van der Waals surface area contributed by atoms with Crippen molar-refractivity contribution in [2.75, 3.05) is 6.61 Å². The molecule has 94 valence electrons. The van der Waals surface area contributed by atoms with Crippen molar-refractivity contribution in [3.05, 3.63) is 12.0 Å². The van der Waals surface area contributed by atoms with Gasteiger partial charge in [0.05, 0.1) is 6.61 Å². The van der Waals surface area contributed by atoms with Crippen molar-refractivity contribution in [3.63, 3.8) is 0 Å². The van der Waals surface area contributed by atoms with Crippen molar-refractivity contribution in [1.29, 1.82) is 0 Å². The van der Waals surface area contributed by atoms with Crippen LogP contribution in [-0.2, 0) is 9.16 Å². The standard InChI is InChI=1S/C13H26O2Si/c1-5-14-13(15-16(2,3)4)11-12-9-7-6-8-10-12/h11-12H,5-10H2,1-4H3. The molecule has 0 amide bonds. The highest BCUT2D eigenvalue weighted by atomic mass is 28.4. The number of rotatable bonds is 5. The molecule has 1 fully saturated rings. The van der Waals surface area contributed by atoms with E-state index in [1.165, 1.54) is 32.1 Å². The fourth-order valence-electron chi connectivity index (χ4n) is 2.05. The molecule has 0 aromatic carbocycles. The molecule has 1 saturated carbocycles. The second kappa shape index (κ2) is 6.33. The van der Waals surface area contributed by atoms with E-state index in [1.807, 2.05) is 6.92 Å². The van der Waals surface area contributed by atoms with Crippen molar-refractivity contribution < 1.29 is 9.16 Å². The Hall–Kier alpha value is -0.443. The van der Waals surface area contributed by atoms with Crippen LogP contribution in [0, 0.1) is 5.92 Å². The lowest BCUT2D eigenvalue weighted by Crippen LogP contribution is -2.26. The maximum absolute atomic E-state index is 5.96. The zero-order valence-corrected chi connectivity index (χ0v) is 12.2. The maximum atomic E-state index is 5.96. The van der Waals surface area contributed by atoms with Crippen molar-refractivity contribution in [2.45, 2.75) is 58.7 Å². The van der Waals surface area contributed by atoms with Crippen LogP contribution in [-0.4, -0.2) is 14.9 Å². The van der Waals surface area contributed by atoms with Gasteiger partial charge in [-0.25, -0.2) is 0 Å². The molecule has 1 aliphatic rings. The highest BCUT2D eigenvalue weighted by Gasteiger charge is 2.20. The summed E-state index contributed by atoms with van der Waals surface area (Å²) in [5.41, 5.74) is 0. The van der Waals surface area contributed by atoms with Crippen LogP contribution in [0.1, 0.15) is 39.0 Å². The Morgan fingerprint density at radius 3 is 2.31 bits per heavy atom. The molecule has 1 rings (SSSR count). The van der Waals surface area contributed by atoms with Gasteiger partial charge < -0.3 is 9.16 Å². The highest BCUT2D eigenvalue weighted by molar-refractivity contribution is 6.69. The van der Waals surface area contributed by atoms with Gasteiger partial charge in [0.15, 0.2) is 0 Å². The Kier molecular flexibility index (Phi) is 5.39. The van der Waals surface area contributed by atoms with Crippen molar-refractivity contribution in [1.82, 2.24) is 0 Å². The van der Waals surface area contributed by atoms with Crippen LogP contribution in [0.25, 0.3) is 0 Å². The summed E-state index contributed by atoms with van der Waals surface area (Å²) < 4.78 is 11.6. The molecule has 3 heteroatoms. The smallest absolute Gasteiger partial charge is 0.261 e. The van der Waals surface area contributed by atoms with Gasteiger partial charge in [0.25, 0.3) is 5.95 Å². The van der Waals surface area contributed by atoms with E-state index < -0.39 is 8.32 Å². The molecule has 2 nitrogen and oxygen atoms in total. The quantitative estimate of drug-likeness (QED) is 0.529. The van der Waals surface area contributed by atoms with Crippen LogP contribution >= 0.6 is 0 Å². The molecule has 0 aromatic heterocycles.